The lowest BCUT2D eigenvalue weighted by molar-refractivity contribution is 0.293. The highest BCUT2D eigenvalue weighted by molar-refractivity contribution is 4.73. The second kappa shape index (κ2) is 6.47. The van der Waals surface area contributed by atoms with E-state index in [0.29, 0.717) is 6.04 Å². The van der Waals surface area contributed by atoms with Crippen molar-refractivity contribution in [3.05, 3.63) is 0 Å². The summed E-state index contributed by atoms with van der Waals surface area (Å²) in [6.45, 7) is 9.22. The van der Waals surface area contributed by atoms with Gasteiger partial charge in [0.05, 0.1) is 0 Å². The molecule has 74 valence electrons. The van der Waals surface area contributed by atoms with Crippen LogP contribution in [0.2, 0.25) is 0 Å². The molecule has 0 radical (unpaired) electrons. The van der Waals surface area contributed by atoms with E-state index < -0.39 is 0 Å². The molecule has 0 aromatic heterocycles. The van der Waals surface area contributed by atoms with Crippen LogP contribution >= 0.6 is 0 Å². The van der Waals surface area contributed by atoms with Gasteiger partial charge in [0, 0.05) is 6.04 Å². The van der Waals surface area contributed by atoms with Gasteiger partial charge < -0.3 is 5.32 Å². The predicted octanol–water partition coefficient (Wildman–Crippen LogP) is 3.06. The van der Waals surface area contributed by atoms with E-state index in [2.05, 4.69) is 40.1 Å². The second-order valence-corrected chi connectivity index (χ2v) is 4.14. The van der Waals surface area contributed by atoms with E-state index in [1.54, 1.807) is 0 Å². The smallest absolute Gasteiger partial charge is 0.00921 e. The van der Waals surface area contributed by atoms with E-state index in [9.17, 15) is 0 Å². The molecule has 12 heavy (non-hydrogen) atoms. The third kappa shape index (κ3) is 4.10. The van der Waals surface area contributed by atoms with E-state index in [1.165, 1.54) is 19.3 Å². The molecule has 0 amide bonds. The summed E-state index contributed by atoms with van der Waals surface area (Å²) in [5, 5.41) is 3.42. The summed E-state index contributed by atoms with van der Waals surface area (Å²) < 4.78 is 0. The van der Waals surface area contributed by atoms with E-state index in [1.807, 2.05) is 0 Å². The van der Waals surface area contributed by atoms with Crippen LogP contribution < -0.4 is 5.32 Å². The summed E-state index contributed by atoms with van der Waals surface area (Å²) in [6, 6.07) is 0.713. The predicted molar refractivity (Wildman–Crippen MR) is 56.4 cm³/mol. The fourth-order valence-corrected chi connectivity index (χ4v) is 1.56. The van der Waals surface area contributed by atoms with Crippen molar-refractivity contribution in [2.75, 3.05) is 7.05 Å². The normalized spacial score (nSPS) is 16.5. The maximum absolute atomic E-state index is 3.42. The average molecular weight is 171 g/mol. The first-order valence-electron chi connectivity index (χ1n) is 5.30. The summed E-state index contributed by atoms with van der Waals surface area (Å²) >= 11 is 0. The van der Waals surface area contributed by atoms with Crippen LogP contribution in [0.15, 0.2) is 0 Å². The van der Waals surface area contributed by atoms with Crippen LogP contribution in [-0.2, 0) is 0 Å². The number of hydrogen-bond acceptors (Lipinski definition) is 1. The minimum atomic E-state index is 0.713. The zero-order valence-corrected chi connectivity index (χ0v) is 9.35. The maximum Gasteiger partial charge on any atom is 0.00921 e. The summed E-state index contributed by atoms with van der Waals surface area (Å²) in [5.41, 5.74) is 0. The van der Waals surface area contributed by atoms with Crippen molar-refractivity contribution in [3.63, 3.8) is 0 Å². The molecule has 1 nitrogen and oxygen atoms in total. The quantitative estimate of drug-likeness (QED) is 0.647. The lowest BCUT2D eigenvalue weighted by Crippen LogP contribution is -2.34. The van der Waals surface area contributed by atoms with Gasteiger partial charge in [-0.25, -0.2) is 0 Å². The molecule has 0 aliphatic carbocycles. The first-order chi connectivity index (χ1) is 5.63. The second-order valence-electron chi connectivity index (χ2n) is 4.14. The Morgan fingerprint density at radius 3 is 2.08 bits per heavy atom. The van der Waals surface area contributed by atoms with Gasteiger partial charge in [0.15, 0.2) is 0 Å². The molecule has 0 aromatic carbocycles. The Morgan fingerprint density at radius 2 is 1.75 bits per heavy atom. The molecular formula is C11H25N. The highest BCUT2D eigenvalue weighted by Gasteiger charge is 2.17. The minimum Gasteiger partial charge on any atom is -0.317 e. The summed E-state index contributed by atoms with van der Waals surface area (Å²) in [6.07, 6.45) is 3.98. The molecule has 0 rings (SSSR count). The molecule has 0 aliphatic heterocycles. The molecule has 0 aromatic rings. The number of rotatable bonds is 6. The minimum absolute atomic E-state index is 0.713. The molecule has 0 heterocycles. The molecule has 0 spiro atoms. The van der Waals surface area contributed by atoms with Crippen molar-refractivity contribution in [2.24, 2.45) is 11.8 Å². The van der Waals surface area contributed by atoms with Gasteiger partial charge in [-0.1, -0.05) is 40.5 Å². The van der Waals surface area contributed by atoms with Crippen LogP contribution in [0.3, 0.4) is 0 Å². The van der Waals surface area contributed by atoms with Gasteiger partial charge in [0.2, 0.25) is 0 Å². The van der Waals surface area contributed by atoms with Crippen molar-refractivity contribution >= 4 is 0 Å². The summed E-state index contributed by atoms with van der Waals surface area (Å²) in [7, 11) is 2.08. The SMILES string of the molecule is CCCCC(NC)C(C)C(C)C. The Labute approximate surface area is 77.9 Å². The highest BCUT2D eigenvalue weighted by atomic mass is 14.9. The molecule has 2 unspecified atom stereocenters. The average Bonchev–Trinajstić information content (AvgIpc) is 2.05. The first kappa shape index (κ1) is 12.0. The van der Waals surface area contributed by atoms with Gasteiger partial charge in [0.25, 0.3) is 0 Å². The number of hydrogen-bond donors (Lipinski definition) is 1. The standard InChI is InChI=1S/C11H25N/c1-6-7-8-11(12-5)10(4)9(2)3/h9-12H,6-8H2,1-5H3. The van der Waals surface area contributed by atoms with Crippen molar-refractivity contribution in [2.45, 2.75) is 53.0 Å². The van der Waals surface area contributed by atoms with Crippen LogP contribution in [0.4, 0.5) is 0 Å². The Kier molecular flexibility index (Phi) is 6.45. The van der Waals surface area contributed by atoms with Gasteiger partial charge in [-0.05, 0) is 25.3 Å². The largest absolute Gasteiger partial charge is 0.317 e. The van der Waals surface area contributed by atoms with E-state index in [4.69, 9.17) is 0 Å². The first-order valence-corrected chi connectivity index (χ1v) is 5.30. The molecule has 0 bridgehead atoms. The Morgan fingerprint density at radius 1 is 1.17 bits per heavy atom. The maximum atomic E-state index is 3.42. The molecule has 0 fully saturated rings. The molecule has 0 aliphatic rings. The lowest BCUT2D eigenvalue weighted by atomic mass is 9.87. The highest BCUT2D eigenvalue weighted by Crippen LogP contribution is 2.18. The van der Waals surface area contributed by atoms with Gasteiger partial charge >= 0.3 is 0 Å². The Balaban J connectivity index is 3.79. The Bertz CT molecular complexity index is 99.2. The molecule has 1 heteroatoms. The summed E-state index contributed by atoms with van der Waals surface area (Å²) in [5.74, 6) is 1.58. The molecular weight excluding hydrogens is 146 g/mol. The fourth-order valence-electron chi connectivity index (χ4n) is 1.56. The lowest BCUT2D eigenvalue weighted by Gasteiger charge is -2.26. The van der Waals surface area contributed by atoms with E-state index in [0.717, 1.165) is 11.8 Å². The van der Waals surface area contributed by atoms with Crippen molar-refractivity contribution in [3.8, 4) is 0 Å². The topological polar surface area (TPSA) is 12.0 Å². The van der Waals surface area contributed by atoms with Crippen LogP contribution in [0.1, 0.15) is 47.0 Å². The third-order valence-electron chi connectivity index (χ3n) is 2.93. The number of nitrogens with one attached hydrogen (secondary N) is 1. The van der Waals surface area contributed by atoms with E-state index >= 15 is 0 Å². The molecule has 2 atom stereocenters. The monoisotopic (exact) mass is 171 g/mol. The molecule has 0 saturated heterocycles. The number of unbranched alkanes of at least 4 members (excludes halogenated alkanes) is 1. The zero-order valence-electron chi connectivity index (χ0n) is 9.35. The van der Waals surface area contributed by atoms with Gasteiger partial charge in [0.1, 0.15) is 0 Å². The summed E-state index contributed by atoms with van der Waals surface area (Å²) in [4.78, 5) is 0. The molecule has 0 saturated carbocycles. The van der Waals surface area contributed by atoms with Gasteiger partial charge in [-0.3, -0.25) is 0 Å². The van der Waals surface area contributed by atoms with Crippen LogP contribution in [-0.4, -0.2) is 13.1 Å². The van der Waals surface area contributed by atoms with Crippen molar-refractivity contribution in [1.29, 1.82) is 0 Å². The van der Waals surface area contributed by atoms with Crippen molar-refractivity contribution in [1.82, 2.24) is 5.32 Å². The zero-order chi connectivity index (χ0) is 9.56. The fraction of sp³-hybridized carbons (Fsp3) is 1.00. The third-order valence-corrected chi connectivity index (χ3v) is 2.93. The van der Waals surface area contributed by atoms with Crippen molar-refractivity contribution < 1.29 is 0 Å². The molecule has 1 N–H and O–H groups in total. The van der Waals surface area contributed by atoms with Crippen LogP contribution in [0.5, 0.6) is 0 Å². The van der Waals surface area contributed by atoms with E-state index in [-0.39, 0.29) is 0 Å². The Hall–Kier alpha value is -0.0400. The van der Waals surface area contributed by atoms with Gasteiger partial charge in [-0.15, -0.1) is 0 Å². The van der Waals surface area contributed by atoms with Crippen LogP contribution in [0.25, 0.3) is 0 Å². The van der Waals surface area contributed by atoms with Crippen LogP contribution in [0, 0.1) is 11.8 Å². The van der Waals surface area contributed by atoms with Gasteiger partial charge in [-0.2, -0.15) is 0 Å².